The molecule has 1 N–H and O–H groups in total. The van der Waals surface area contributed by atoms with E-state index in [-0.39, 0.29) is 11.9 Å². The van der Waals surface area contributed by atoms with Crippen LogP contribution in [0.25, 0.3) is 10.1 Å². The van der Waals surface area contributed by atoms with Crippen molar-refractivity contribution in [1.29, 1.82) is 0 Å². The van der Waals surface area contributed by atoms with E-state index in [0.717, 1.165) is 4.70 Å². The normalized spacial score (nSPS) is 11.4. The van der Waals surface area contributed by atoms with Crippen molar-refractivity contribution in [3.05, 3.63) is 44.3 Å². The predicted molar refractivity (Wildman–Crippen MR) is 97.4 cm³/mol. The fourth-order valence-corrected chi connectivity index (χ4v) is 4.53. The molecule has 3 aromatic rings. The molecule has 8 heteroatoms. The van der Waals surface area contributed by atoms with Gasteiger partial charge in [-0.3, -0.25) is 4.79 Å². The Morgan fingerprint density at radius 1 is 1.30 bits per heavy atom. The minimum absolute atomic E-state index is 0.131. The topological polar surface area (TPSA) is 46.9 Å². The molecular formula is C15H12Cl3N3OS. The number of aromatic nitrogens is 2. The van der Waals surface area contributed by atoms with E-state index in [9.17, 15) is 4.79 Å². The molecule has 1 amide bonds. The van der Waals surface area contributed by atoms with Gasteiger partial charge in [-0.15, -0.1) is 11.3 Å². The van der Waals surface area contributed by atoms with Crippen LogP contribution in [0, 0.1) is 0 Å². The molecule has 2 aromatic heterocycles. The summed E-state index contributed by atoms with van der Waals surface area (Å²) in [4.78, 5) is 13.0. The van der Waals surface area contributed by atoms with E-state index in [4.69, 9.17) is 34.8 Å². The highest BCUT2D eigenvalue weighted by Crippen LogP contribution is 2.41. The third kappa shape index (κ3) is 3.06. The van der Waals surface area contributed by atoms with Gasteiger partial charge < -0.3 is 5.32 Å². The maximum atomic E-state index is 12.6. The van der Waals surface area contributed by atoms with Crippen LogP contribution in [0.15, 0.2) is 24.4 Å². The van der Waals surface area contributed by atoms with Crippen molar-refractivity contribution in [1.82, 2.24) is 9.78 Å². The number of anilines is 1. The van der Waals surface area contributed by atoms with E-state index < -0.39 is 0 Å². The number of thiophene rings is 1. The number of nitrogens with zero attached hydrogens (tertiary/aromatic N) is 2. The Labute approximate surface area is 151 Å². The quantitative estimate of drug-likeness (QED) is 0.608. The Morgan fingerprint density at radius 2 is 2.04 bits per heavy atom. The Hall–Kier alpha value is -1.27. The van der Waals surface area contributed by atoms with Crippen LogP contribution in [0.2, 0.25) is 15.1 Å². The fraction of sp³-hybridized carbons (Fsp3) is 0.200. The van der Waals surface area contributed by atoms with Gasteiger partial charge in [0.1, 0.15) is 10.7 Å². The summed E-state index contributed by atoms with van der Waals surface area (Å²) >= 11 is 19.8. The number of hydrogen-bond donors (Lipinski definition) is 1. The zero-order valence-corrected chi connectivity index (χ0v) is 15.3. The Morgan fingerprint density at radius 3 is 2.74 bits per heavy atom. The third-order valence-corrected chi connectivity index (χ3v) is 5.40. The number of carbonyl (C=O) groups excluding carboxylic acids is 1. The Bertz CT molecular complexity index is 901. The van der Waals surface area contributed by atoms with Gasteiger partial charge in [0.25, 0.3) is 5.91 Å². The number of halogens is 3. The second kappa shape index (κ2) is 6.32. The van der Waals surface area contributed by atoms with Crippen molar-refractivity contribution in [3.63, 3.8) is 0 Å². The average molecular weight is 389 g/mol. The van der Waals surface area contributed by atoms with Crippen molar-refractivity contribution in [2.75, 3.05) is 5.32 Å². The van der Waals surface area contributed by atoms with Crippen LogP contribution in [-0.4, -0.2) is 15.7 Å². The molecule has 0 aliphatic heterocycles. The SMILES string of the molecule is CC(C)n1nccc1NC(=O)c1sc2cc(Cl)cc(Cl)c2c1Cl. The lowest BCUT2D eigenvalue weighted by Gasteiger charge is -2.11. The number of rotatable bonds is 3. The van der Waals surface area contributed by atoms with Crippen molar-refractivity contribution >= 4 is 68.0 Å². The molecule has 0 spiro atoms. The summed E-state index contributed by atoms with van der Waals surface area (Å²) in [6, 6.07) is 5.23. The molecule has 0 radical (unpaired) electrons. The molecule has 0 atom stereocenters. The molecule has 0 fully saturated rings. The molecule has 4 nitrogen and oxygen atoms in total. The number of carbonyl (C=O) groups is 1. The summed E-state index contributed by atoms with van der Waals surface area (Å²) in [5, 5.41) is 8.93. The van der Waals surface area contributed by atoms with E-state index in [1.807, 2.05) is 13.8 Å². The first-order valence-electron chi connectivity index (χ1n) is 6.80. The van der Waals surface area contributed by atoms with Crippen molar-refractivity contribution in [2.45, 2.75) is 19.9 Å². The molecule has 0 aliphatic rings. The summed E-state index contributed by atoms with van der Waals surface area (Å²) in [6.45, 7) is 3.97. The van der Waals surface area contributed by atoms with Crippen LogP contribution in [0.4, 0.5) is 5.82 Å². The molecule has 23 heavy (non-hydrogen) atoms. The van der Waals surface area contributed by atoms with Crippen molar-refractivity contribution in [2.24, 2.45) is 0 Å². The molecular weight excluding hydrogens is 377 g/mol. The second-order valence-electron chi connectivity index (χ2n) is 5.21. The van der Waals surface area contributed by atoms with E-state index in [0.29, 0.717) is 31.1 Å². The highest BCUT2D eigenvalue weighted by Gasteiger charge is 2.21. The molecule has 3 rings (SSSR count). The van der Waals surface area contributed by atoms with Crippen LogP contribution in [0.5, 0.6) is 0 Å². The summed E-state index contributed by atoms with van der Waals surface area (Å²) in [5.41, 5.74) is 0. The molecule has 0 aliphatic carbocycles. The predicted octanol–water partition coefficient (Wildman–Crippen LogP) is 5.89. The molecule has 0 bridgehead atoms. The average Bonchev–Trinajstić information content (AvgIpc) is 3.03. The van der Waals surface area contributed by atoms with Gasteiger partial charge in [0.2, 0.25) is 0 Å². The second-order valence-corrected chi connectivity index (χ2v) is 7.49. The van der Waals surface area contributed by atoms with E-state index in [2.05, 4.69) is 10.4 Å². The first-order chi connectivity index (χ1) is 10.9. The van der Waals surface area contributed by atoms with Gasteiger partial charge in [0, 0.05) is 27.2 Å². The molecule has 0 saturated carbocycles. The number of fused-ring (bicyclic) bond motifs is 1. The third-order valence-electron chi connectivity index (χ3n) is 3.26. The lowest BCUT2D eigenvalue weighted by molar-refractivity contribution is 0.102. The van der Waals surface area contributed by atoms with Crippen LogP contribution in [0.1, 0.15) is 29.6 Å². The summed E-state index contributed by atoms with van der Waals surface area (Å²) in [6.07, 6.45) is 1.64. The smallest absolute Gasteiger partial charge is 0.268 e. The first-order valence-corrected chi connectivity index (χ1v) is 8.75. The van der Waals surface area contributed by atoms with E-state index in [1.54, 1.807) is 29.1 Å². The molecule has 2 heterocycles. The number of amides is 1. The van der Waals surface area contributed by atoms with Gasteiger partial charge in [-0.25, -0.2) is 4.68 Å². The van der Waals surface area contributed by atoms with Crippen molar-refractivity contribution in [3.8, 4) is 0 Å². The molecule has 0 unspecified atom stereocenters. The van der Waals surface area contributed by atoms with Crippen LogP contribution >= 0.6 is 46.1 Å². The van der Waals surface area contributed by atoms with Crippen LogP contribution in [-0.2, 0) is 0 Å². The van der Waals surface area contributed by atoms with E-state index >= 15 is 0 Å². The van der Waals surface area contributed by atoms with Gasteiger partial charge in [-0.2, -0.15) is 5.10 Å². The van der Waals surface area contributed by atoms with Gasteiger partial charge in [0.15, 0.2) is 0 Å². The highest BCUT2D eigenvalue weighted by atomic mass is 35.5. The Balaban J connectivity index is 2.00. The van der Waals surface area contributed by atoms with E-state index in [1.165, 1.54) is 11.3 Å². The standard InChI is InChI=1S/C15H12Cl3N3OS/c1-7(2)21-11(3-4-19-21)20-15(22)14-13(18)12-9(17)5-8(16)6-10(12)23-14/h3-7H,1-2H3,(H,20,22). The largest absolute Gasteiger partial charge is 0.306 e. The zero-order chi connectivity index (χ0) is 16.7. The minimum Gasteiger partial charge on any atom is -0.306 e. The van der Waals surface area contributed by atoms with Gasteiger partial charge in [-0.1, -0.05) is 34.8 Å². The summed E-state index contributed by atoms with van der Waals surface area (Å²) < 4.78 is 2.50. The molecule has 0 saturated heterocycles. The van der Waals surface area contributed by atoms with Gasteiger partial charge in [0.05, 0.1) is 16.2 Å². The van der Waals surface area contributed by atoms with Gasteiger partial charge >= 0.3 is 0 Å². The van der Waals surface area contributed by atoms with Crippen LogP contribution < -0.4 is 5.32 Å². The maximum Gasteiger partial charge on any atom is 0.268 e. The highest BCUT2D eigenvalue weighted by molar-refractivity contribution is 7.21. The zero-order valence-electron chi connectivity index (χ0n) is 12.2. The number of hydrogen-bond acceptors (Lipinski definition) is 3. The lowest BCUT2D eigenvalue weighted by Crippen LogP contribution is -2.16. The van der Waals surface area contributed by atoms with Crippen molar-refractivity contribution < 1.29 is 4.79 Å². The molecule has 1 aromatic carbocycles. The number of nitrogens with one attached hydrogen (secondary N) is 1. The maximum absolute atomic E-state index is 12.6. The molecule has 120 valence electrons. The minimum atomic E-state index is -0.300. The summed E-state index contributed by atoms with van der Waals surface area (Å²) in [5.74, 6) is 0.313. The fourth-order valence-electron chi connectivity index (χ4n) is 2.26. The monoisotopic (exact) mass is 387 g/mol. The number of benzene rings is 1. The Kier molecular flexibility index (Phi) is 4.56. The van der Waals surface area contributed by atoms with Gasteiger partial charge in [-0.05, 0) is 26.0 Å². The summed E-state index contributed by atoms with van der Waals surface area (Å²) in [7, 11) is 0. The lowest BCUT2D eigenvalue weighted by atomic mass is 10.2. The first kappa shape index (κ1) is 16.6. The van der Waals surface area contributed by atoms with Crippen LogP contribution in [0.3, 0.4) is 0 Å².